The van der Waals surface area contributed by atoms with E-state index in [1.54, 1.807) is 7.11 Å². The molecule has 0 atom stereocenters. The maximum atomic E-state index is 5.74. The summed E-state index contributed by atoms with van der Waals surface area (Å²) in [5.41, 5.74) is 1.19. The van der Waals surface area contributed by atoms with Crippen LogP contribution in [0.15, 0.2) is 24.3 Å². The molecule has 0 saturated carbocycles. The molecule has 0 N–H and O–H groups in total. The van der Waals surface area contributed by atoms with E-state index in [-0.39, 0.29) is 0 Å². The molecular formula is C13H19NO2. The topological polar surface area (TPSA) is 21.7 Å². The first-order valence-electron chi connectivity index (χ1n) is 5.89. The lowest BCUT2D eigenvalue weighted by Crippen LogP contribution is -2.29. The van der Waals surface area contributed by atoms with Crippen molar-refractivity contribution in [2.45, 2.75) is 25.9 Å². The third kappa shape index (κ3) is 3.22. The average Bonchev–Trinajstić information content (AvgIpc) is 2.38. The Hall–Kier alpha value is -1.06. The molecule has 0 aromatic heterocycles. The van der Waals surface area contributed by atoms with Crippen molar-refractivity contribution in [1.82, 2.24) is 5.06 Å². The van der Waals surface area contributed by atoms with Crippen LogP contribution in [-0.4, -0.2) is 25.3 Å². The van der Waals surface area contributed by atoms with Gasteiger partial charge in [-0.05, 0) is 30.5 Å². The number of benzene rings is 1. The Morgan fingerprint density at radius 1 is 1.06 bits per heavy atom. The number of hydrogen-bond donors (Lipinski definition) is 0. The number of nitrogens with zero attached hydrogens (tertiary/aromatic N) is 1. The Balaban J connectivity index is 1.79. The summed E-state index contributed by atoms with van der Waals surface area (Å²) in [4.78, 5) is 5.74. The molecular weight excluding hydrogens is 202 g/mol. The lowest BCUT2D eigenvalue weighted by atomic mass is 10.2. The summed E-state index contributed by atoms with van der Waals surface area (Å²) in [5, 5.41) is 2.08. The Labute approximate surface area is 96.9 Å². The van der Waals surface area contributed by atoms with Gasteiger partial charge in [-0.2, -0.15) is 5.06 Å². The fourth-order valence-electron chi connectivity index (χ4n) is 1.88. The first-order valence-corrected chi connectivity index (χ1v) is 5.89. The molecule has 16 heavy (non-hydrogen) atoms. The summed E-state index contributed by atoms with van der Waals surface area (Å²) >= 11 is 0. The molecule has 3 nitrogen and oxygen atoms in total. The molecule has 0 amide bonds. The maximum Gasteiger partial charge on any atom is 0.118 e. The number of ether oxygens (including phenoxy) is 1. The second-order valence-electron chi connectivity index (χ2n) is 4.11. The summed E-state index contributed by atoms with van der Waals surface area (Å²) < 4.78 is 5.11. The first-order chi connectivity index (χ1) is 7.88. The molecule has 88 valence electrons. The predicted molar refractivity (Wildman–Crippen MR) is 63.2 cm³/mol. The molecule has 0 aliphatic carbocycles. The third-order valence-electron chi connectivity index (χ3n) is 2.89. The van der Waals surface area contributed by atoms with Gasteiger partial charge >= 0.3 is 0 Å². The SMILES string of the molecule is COc1ccc(CON2CCCCC2)cc1. The number of hydroxylamine groups is 2. The van der Waals surface area contributed by atoms with E-state index < -0.39 is 0 Å². The lowest BCUT2D eigenvalue weighted by molar-refractivity contribution is -0.178. The number of hydrogen-bond acceptors (Lipinski definition) is 3. The summed E-state index contributed by atoms with van der Waals surface area (Å²) in [7, 11) is 1.68. The monoisotopic (exact) mass is 221 g/mol. The number of rotatable bonds is 4. The van der Waals surface area contributed by atoms with Gasteiger partial charge in [-0.25, -0.2) is 0 Å². The minimum absolute atomic E-state index is 0.657. The third-order valence-corrected chi connectivity index (χ3v) is 2.89. The second kappa shape index (κ2) is 5.87. The van der Waals surface area contributed by atoms with Gasteiger partial charge in [0.15, 0.2) is 0 Å². The van der Waals surface area contributed by atoms with E-state index in [4.69, 9.17) is 9.57 Å². The first kappa shape index (κ1) is 11.4. The highest BCUT2D eigenvalue weighted by atomic mass is 16.7. The van der Waals surface area contributed by atoms with Gasteiger partial charge in [-0.15, -0.1) is 0 Å². The normalized spacial score (nSPS) is 17.3. The fraction of sp³-hybridized carbons (Fsp3) is 0.538. The van der Waals surface area contributed by atoms with Crippen LogP contribution in [0.4, 0.5) is 0 Å². The molecule has 1 aromatic rings. The van der Waals surface area contributed by atoms with E-state index in [1.165, 1.54) is 24.8 Å². The number of methoxy groups -OCH3 is 1. The fourth-order valence-corrected chi connectivity index (χ4v) is 1.88. The second-order valence-corrected chi connectivity index (χ2v) is 4.11. The zero-order chi connectivity index (χ0) is 11.2. The maximum absolute atomic E-state index is 5.74. The van der Waals surface area contributed by atoms with Gasteiger partial charge in [0.1, 0.15) is 5.75 Å². The molecule has 3 heteroatoms. The van der Waals surface area contributed by atoms with Crippen molar-refractivity contribution in [3.05, 3.63) is 29.8 Å². The van der Waals surface area contributed by atoms with Gasteiger partial charge in [-0.3, -0.25) is 4.84 Å². The average molecular weight is 221 g/mol. The Morgan fingerprint density at radius 2 is 1.75 bits per heavy atom. The Bertz CT molecular complexity index is 304. The highest BCUT2D eigenvalue weighted by molar-refractivity contribution is 5.26. The summed E-state index contributed by atoms with van der Waals surface area (Å²) in [6, 6.07) is 8.02. The predicted octanol–water partition coefficient (Wildman–Crippen LogP) is 2.61. The summed E-state index contributed by atoms with van der Waals surface area (Å²) in [5.74, 6) is 0.890. The molecule has 1 aliphatic heterocycles. The minimum Gasteiger partial charge on any atom is -0.497 e. The van der Waals surface area contributed by atoms with Crippen LogP contribution < -0.4 is 4.74 Å². The van der Waals surface area contributed by atoms with Crippen LogP contribution in [0.25, 0.3) is 0 Å². The Kier molecular flexibility index (Phi) is 4.19. The van der Waals surface area contributed by atoms with E-state index >= 15 is 0 Å². The smallest absolute Gasteiger partial charge is 0.118 e. The van der Waals surface area contributed by atoms with Gasteiger partial charge in [0.25, 0.3) is 0 Å². The molecule has 1 fully saturated rings. The van der Waals surface area contributed by atoms with Gasteiger partial charge in [0.05, 0.1) is 13.7 Å². The lowest BCUT2D eigenvalue weighted by Gasteiger charge is -2.25. The summed E-state index contributed by atoms with van der Waals surface area (Å²) in [6.07, 6.45) is 3.84. The van der Waals surface area contributed by atoms with Crippen molar-refractivity contribution < 1.29 is 9.57 Å². The van der Waals surface area contributed by atoms with Gasteiger partial charge in [-0.1, -0.05) is 18.6 Å². The van der Waals surface area contributed by atoms with Gasteiger partial charge in [0.2, 0.25) is 0 Å². The van der Waals surface area contributed by atoms with E-state index in [9.17, 15) is 0 Å². The minimum atomic E-state index is 0.657. The van der Waals surface area contributed by atoms with Gasteiger partial charge in [0, 0.05) is 13.1 Å². The van der Waals surface area contributed by atoms with Crippen LogP contribution in [0.2, 0.25) is 0 Å². The molecule has 1 aromatic carbocycles. The summed E-state index contributed by atoms with van der Waals surface area (Å²) in [6.45, 7) is 2.79. The molecule has 0 bridgehead atoms. The molecule has 1 heterocycles. The molecule has 0 radical (unpaired) electrons. The van der Waals surface area contributed by atoms with E-state index in [0.29, 0.717) is 6.61 Å². The zero-order valence-corrected chi connectivity index (χ0v) is 9.82. The van der Waals surface area contributed by atoms with Gasteiger partial charge < -0.3 is 4.74 Å². The van der Waals surface area contributed by atoms with Crippen LogP contribution in [0, 0.1) is 0 Å². The van der Waals surface area contributed by atoms with Crippen molar-refractivity contribution in [1.29, 1.82) is 0 Å². The Morgan fingerprint density at radius 3 is 2.38 bits per heavy atom. The molecule has 2 rings (SSSR count). The van der Waals surface area contributed by atoms with Crippen molar-refractivity contribution >= 4 is 0 Å². The van der Waals surface area contributed by atoms with Crippen LogP contribution in [0.5, 0.6) is 5.75 Å². The number of piperidine rings is 1. The van der Waals surface area contributed by atoms with E-state index in [0.717, 1.165) is 18.8 Å². The molecule has 1 saturated heterocycles. The van der Waals surface area contributed by atoms with Crippen molar-refractivity contribution in [2.24, 2.45) is 0 Å². The van der Waals surface area contributed by atoms with Crippen LogP contribution in [-0.2, 0) is 11.4 Å². The zero-order valence-electron chi connectivity index (χ0n) is 9.82. The van der Waals surface area contributed by atoms with Crippen molar-refractivity contribution in [3.8, 4) is 5.75 Å². The highest BCUT2D eigenvalue weighted by Gasteiger charge is 2.10. The van der Waals surface area contributed by atoms with Crippen molar-refractivity contribution in [3.63, 3.8) is 0 Å². The van der Waals surface area contributed by atoms with Crippen LogP contribution in [0.1, 0.15) is 24.8 Å². The quantitative estimate of drug-likeness (QED) is 0.780. The standard InChI is InChI=1S/C13H19NO2/c1-15-13-7-5-12(6-8-13)11-16-14-9-3-2-4-10-14/h5-8H,2-4,9-11H2,1H3. The van der Waals surface area contributed by atoms with E-state index in [2.05, 4.69) is 5.06 Å². The van der Waals surface area contributed by atoms with Crippen molar-refractivity contribution in [2.75, 3.05) is 20.2 Å². The highest BCUT2D eigenvalue weighted by Crippen LogP contribution is 2.14. The molecule has 0 unspecified atom stereocenters. The van der Waals surface area contributed by atoms with E-state index in [1.807, 2.05) is 24.3 Å². The molecule has 0 spiro atoms. The van der Waals surface area contributed by atoms with Crippen LogP contribution >= 0.6 is 0 Å². The van der Waals surface area contributed by atoms with Crippen LogP contribution in [0.3, 0.4) is 0 Å². The molecule has 1 aliphatic rings. The largest absolute Gasteiger partial charge is 0.497 e.